The standard InChI is InChI=1S/C18H26O6/c1-3-5-10-23-15(24-11-6-4-2)12-13-8-7-9-14(17(19)20)16(13)18(21)22/h7-9,15H,3-6,10-12H2,1-2H3,(H,19,20)(H,21,22). The predicted octanol–water partition coefficient (Wildman–Crippen LogP) is 3.59. The van der Waals surface area contributed by atoms with E-state index in [1.54, 1.807) is 12.1 Å². The SMILES string of the molecule is CCCCOC(Cc1cccc(C(=O)O)c1C(=O)O)OCCCC. The lowest BCUT2D eigenvalue weighted by Gasteiger charge is -2.20. The Balaban J connectivity index is 2.96. The minimum Gasteiger partial charge on any atom is -0.478 e. The van der Waals surface area contributed by atoms with E-state index in [0.717, 1.165) is 25.7 Å². The molecule has 0 amide bonds. The first-order valence-electron chi connectivity index (χ1n) is 8.32. The van der Waals surface area contributed by atoms with Crippen LogP contribution in [0.15, 0.2) is 18.2 Å². The van der Waals surface area contributed by atoms with Gasteiger partial charge in [-0.15, -0.1) is 0 Å². The van der Waals surface area contributed by atoms with Crippen molar-refractivity contribution in [3.63, 3.8) is 0 Å². The number of ether oxygens (including phenoxy) is 2. The zero-order valence-electron chi connectivity index (χ0n) is 14.3. The lowest BCUT2D eigenvalue weighted by molar-refractivity contribution is -0.142. The molecule has 0 heterocycles. The van der Waals surface area contributed by atoms with Crippen molar-refractivity contribution in [1.82, 2.24) is 0 Å². The second-order valence-electron chi connectivity index (χ2n) is 5.53. The van der Waals surface area contributed by atoms with Crippen LogP contribution in [0.1, 0.15) is 65.8 Å². The Kier molecular flexibility index (Phi) is 9.04. The van der Waals surface area contributed by atoms with Gasteiger partial charge in [0.25, 0.3) is 0 Å². The number of aromatic carboxylic acids is 2. The summed E-state index contributed by atoms with van der Waals surface area (Å²) in [7, 11) is 0. The Morgan fingerprint density at radius 1 is 1.00 bits per heavy atom. The highest BCUT2D eigenvalue weighted by Crippen LogP contribution is 2.19. The van der Waals surface area contributed by atoms with Crippen molar-refractivity contribution in [1.29, 1.82) is 0 Å². The van der Waals surface area contributed by atoms with E-state index in [9.17, 15) is 19.8 Å². The molecule has 2 N–H and O–H groups in total. The summed E-state index contributed by atoms with van der Waals surface area (Å²) in [4.78, 5) is 22.8. The average molecular weight is 338 g/mol. The van der Waals surface area contributed by atoms with E-state index in [1.165, 1.54) is 6.07 Å². The van der Waals surface area contributed by atoms with Crippen LogP contribution in [0.5, 0.6) is 0 Å². The van der Waals surface area contributed by atoms with E-state index in [0.29, 0.717) is 18.8 Å². The third kappa shape index (κ3) is 6.29. The molecule has 6 nitrogen and oxygen atoms in total. The molecular formula is C18H26O6. The van der Waals surface area contributed by atoms with Crippen LogP contribution in [0, 0.1) is 0 Å². The molecule has 0 radical (unpaired) electrons. The van der Waals surface area contributed by atoms with E-state index >= 15 is 0 Å². The summed E-state index contributed by atoms with van der Waals surface area (Å²) < 4.78 is 11.4. The van der Waals surface area contributed by atoms with Gasteiger partial charge < -0.3 is 19.7 Å². The van der Waals surface area contributed by atoms with E-state index < -0.39 is 18.2 Å². The van der Waals surface area contributed by atoms with Crippen molar-refractivity contribution in [2.75, 3.05) is 13.2 Å². The lowest BCUT2D eigenvalue weighted by atomic mass is 9.98. The Hall–Kier alpha value is -1.92. The van der Waals surface area contributed by atoms with E-state index in [4.69, 9.17) is 9.47 Å². The molecule has 0 bridgehead atoms. The molecule has 0 saturated heterocycles. The highest BCUT2D eigenvalue weighted by atomic mass is 16.7. The third-order valence-electron chi connectivity index (χ3n) is 3.58. The molecule has 134 valence electrons. The zero-order valence-corrected chi connectivity index (χ0v) is 14.3. The first-order valence-corrected chi connectivity index (χ1v) is 8.32. The summed E-state index contributed by atoms with van der Waals surface area (Å²) in [6.07, 6.45) is 3.36. The molecule has 0 unspecified atom stereocenters. The quantitative estimate of drug-likeness (QED) is 0.447. The number of carbonyl (C=O) groups is 2. The van der Waals surface area contributed by atoms with Gasteiger partial charge in [-0.05, 0) is 24.5 Å². The van der Waals surface area contributed by atoms with Gasteiger partial charge in [0.2, 0.25) is 0 Å². The first-order chi connectivity index (χ1) is 11.5. The fourth-order valence-electron chi connectivity index (χ4n) is 2.26. The monoisotopic (exact) mass is 338 g/mol. The van der Waals surface area contributed by atoms with E-state index in [1.807, 2.05) is 0 Å². The van der Waals surface area contributed by atoms with E-state index in [-0.39, 0.29) is 17.5 Å². The number of hydrogen-bond donors (Lipinski definition) is 2. The summed E-state index contributed by atoms with van der Waals surface area (Å²) in [5.41, 5.74) is -0.0190. The fraction of sp³-hybridized carbons (Fsp3) is 0.556. The minimum absolute atomic E-state index is 0.201. The van der Waals surface area contributed by atoms with Gasteiger partial charge in [0.05, 0.1) is 11.1 Å². The second kappa shape index (κ2) is 10.8. The van der Waals surface area contributed by atoms with Crippen molar-refractivity contribution >= 4 is 11.9 Å². The van der Waals surface area contributed by atoms with Crippen LogP contribution >= 0.6 is 0 Å². The van der Waals surface area contributed by atoms with Crippen molar-refractivity contribution in [2.24, 2.45) is 0 Å². The molecule has 0 atom stereocenters. The van der Waals surface area contributed by atoms with Crippen molar-refractivity contribution in [3.8, 4) is 0 Å². The maximum Gasteiger partial charge on any atom is 0.336 e. The molecule has 6 heteroatoms. The number of hydrogen-bond acceptors (Lipinski definition) is 4. The van der Waals surface area contributed by atoms with Crippen LogP contribution in [0.2, 0.25) is 0 Å². The van der Waals surface area contributed by atoms with Crippen LogP contribution in [-0.2, 0) is 15.9 Å². The zero-order chi connectivity index (χ0) is 17.9. The Morgan fingerprint density at radius 2 is 1.58 bits per heavy atom. The van der Waals surface area contributed by atoms with E-state index in [2.05, 4.69) is 13.8 Å². The number of carboxylic acid groups (broad SMARTS) is 2. The maximum absolute atomic E-state index is 11.5. The van der Waals surface area contributed by atoms with Gasteiger partial charge in [-0.3, -0.25) is 0 Å². The molecule has 0 aliphatic carbocycles. The molecule has 0 aliphatic heterocycles. The minimum atomic E-state index is -1.26. The molecule has 0 saturated carbocycles. The highest BCUT2D eigenvalue weighted by molar-refractivity contribution is 6.02. The Bertz CT molecular complexity index is 530. The summed E-state index contributed by atoms with van der Waals surface area (Å²) in [6.45, 7) is 5.15. The number of benzene rings is 1. The van der Waals surface area contributed by atoms with Crippen LogP contribution in [0.4, 0.5) is 0 Å². The maximum atomic E-state index is 11.5. The smallest absolute Gasteiger partial charge is 0.336 e. The Morgan fingerprint density at radius 3 is 2.04 bits per heavy atom. The van der Waals surface area contributed by atoms with Crippen LogP contribution < -0.4 is 0 Å². The molecule has 1 rings (SSSR count). The van der Waals surface area contributed by atoms with Gasteiger partial charge in [-0.25, -0.2) is 9.59 Å². The van der Waals surface area contributed by atoms with Crippen molar-refractivity contribution in [3.05, 3.63) is 34.9 Å². The van der Waals surface area contributed by atoms with Crippen molar-refractivity contribution < 1.29 is 29.3 Å². The van der Waals surface area contributed by atoms with Crippen LogP contribution in [0.3, 0.4) is 0 Å². The molecule has 0 fully saturated rings. The second-order valence-corrected chi connectivity index (χ2v) is 5.53. The van der Waals surface area contributed by atoms with Crippen molar-refractivity contribution in [2.45, 2.75) is 52.2 Å². The number of unbranched alkanes of at least 4 members (excludes halogenated alkanes) is 2. The van der Waals surface area contributed by atoms with Gasteiger partial charge in [0.1, 0.15) is 0 Å². The van der Waals surface area contributed by atoms with Gasteiger partial charge in [0.15, 0.2) is 6.29 Å². The largest absolute Gasteiger partial charge is 0.478 e. The molecule has 0 aromatic heterocycles. The molecule has 1 aromatic rings. The normalized spacial score (nSPS) is 11.0. The van der Waals surface area contributed by atoms with Gasteiger partial charge in [0, 0.05) is 19.6 Å². The third-order valence-corrected chi connectivity index (χ3v) is 3.58. The molecular weight excluding hydrogens is 312 g/mol. The first kappa shape index (κ1) is 20.1. The lowest BCUT2D eigenvalue weighted by Crippen LogP contribution is -2.23. The molecule has 24 heavy (non-hydrogen) atoms. The predicted molar refractivity (Wildman–Crippen MR) is 89.6 cm³/mol. The summed E-state index contributed by atoms with van der Waals surface area (Å²) in [6, 6.07) is 4.44. The Labute approximate surface area is 142 Å². The average Bonchev–Trinajstić information content (AvgIpc) is 2.54. The summed E-state index contributed by atoms with van der Waals surface area (Å²) in [5, 5.41) is 18.6. The molecule has 0 aliphatic rings. The highest BCUT2D eigenvalue weighted by Gasteiger charge is 2.22. The van der Waals surface area contributed by atoms with Gasteiger partial charge in [-0.1, -0.05) is 38.8 Å². The topological polar surface area (TPSA) is 93.1 Å². The molecule has 0 spiro atoms. The molecule has 1 aromatic carbocycles. The number of rotatable bonds is 12. The van der Waals surface area contributed by atoms with Crippen LogP contribution in [-0.4, -0.2) is 41.7 Å². The summed E-state index contributed by atoms with van der Waals surface area (Å²) in [5.74, 6) is -2.52. The number of carboxylic acids is 2. The van der Waals surface area contributed by atoms with Gasteiger partial charge in [-0.2, -0.15) is 0 Å². The summed E-state index contributed by atoms with van der Waals surface area (Å²) >= 11 is 0. The fourth-order valence-corrected chi connectivity index (χ4v) is 2.26. The van der Waals surface area contributed by atoms with Gasteiger partial charge >= 0.3 is 11.9 Å². The van der Waals surface area contributed by atoms with Crippen LogP contribution in [0.25, 0.3) is 0 Å².